The van der Waals surface area contributed by atoms with Gasteiger partial charge in [-0.3, -0.25) is 0 Å². The van der Waals surface area contributed by atoms with E-state index in [0.717, 1.165) is 17.7 Å². The second-order valence-corrected chi connectivity index (χ2v) is 7.95. The lowest BCUT2D eigenvalue weighted by Gasteiger charge is -2.27. The SMILES string of the molecule is NCCc1ccc(S(=O)(=O)NC2CCCCC2O)s1. The van der Waals surface area contributed by atoms with Gasteiger partial charge in [-0.2, -0.15) is 0 Å². The Bertz CT molecular complexity index is 513. The van der Waals surface area contributed by atoms with Crippen LogP contribution in [0.5, 0.6) is 0 Å². The first-order chi connectivity index (χ1) is 9.03. The largest absolute Gasteiger partial charge is 0.391 e. The predicted octanol–water partition coefficient (Wildman–Crippen LogP) is 0.831. The molecular formula is C12H20N2O3S2. The highest BCUT2D eigenvalue weighted by molar-refractivity contribution is 7.91. The number of rotatable bonds is 5. The first-order valence-corrected chi connectivity index (χ1v) is 8.82. The van der Waals surface area contributed by atoms with Gasteiger partial charge in [0.05, 0.1) is 6.10 Å². The topological polar surface area (TPSA) is 92.4 Å². The molecule has 1 aromatic heterocycles. The molecule has 0 spiro atoms. The highest BCUT2D eigenvalue weighted by Crippen LogP contribution is 2.24. The number of aliphatic hydroxyl groups excluding tert-OH is 1. The van der Waals surface area contributed by atoms with Crippen LogP contribution in [0, 0.1) is 0 Å². The third-order valence-electron chi connectivity index (χ3n) is 3.33. The molecule has 2 unspecified atom stereocenters. The normalized spacial score (nSPS) is 24.5. The van der Waals surface area contributed by atoms with E-state index in [0.29, 0.717) is 30.0 Å². The van der Waals surface area contributed by atoms with Crippen LogP contribution in [-0.4, -0.2) is 32.2 Å². The molecule has 4 N–H and O–H groups in total. The van der Waals surface area contributed by atoms with Crippen molar-refractivity contribution in [1.82, 2.24) is 4.72 Å². The van der Waals surface area contributed by atoms with Crippen LogP contribution in [0.2, 0.25) is 0 Å². The van der Waals surface area contributed by atoms with Crippen LogP contribution in [0.25, 0.3) is 0 Å². The van der Waals surface area contributed by atoms with E-state index in [-0.39, 0.29) is 6.04 Å². The summed E-state index contributed by atoms with van der Waals surface area (Å²) in [6, 6.07) is 3.04. The zero-order valence-electron chi connectivity index (χ0n) is 10.7. The average Bonchev–Trinajstić information content (AvgIpc) is 2.82. The Morgan fingerprint density at radius 1 is 1.37 bits per heavy atom. The van der Waals surface area contributed by atoms with E-state index in [2.05, 4.69) is 4.72 Å². The highest BCUT2D eigenvalue weighted by atomic mass is 32.2. The maximum absolute atomic E-state index is 12.2. The summed E-state index contributed by atoms with van der Waals surface area (Å²) in [5, 5.41) is 9.83. The van der Waals surface area contributed by atoms with Crippen molar-refractivity contribution in [3.63, 3.8) is 0 Å². The molecule has 1 aliphatic carbocycles. The number of sulfonamides is 1. The second kappa shape index (κ2) is 6.32. The van der Waals surface area contributed by atoms with Crippen molar-refractivity contribution in [3.05, 3.63) is 17.0 Å². The molecule has 108 valence electrons. The van der Waals surface area contributed by atoms with Crippen LogP contribution in [-0.2, 0) is 16.4 Å². The van der Waals surface area contributed by atoms with Crippen molar-refractivity contribution >= 4 is 21.4 Å². The number of nitrogens with two attached hydrogens (primary N) is 1. The Balaban J connectivity index is 2.08. The minimum Gasteiger partial charge on any atom is -0.391 e. The minimum absolute atomic E-state index is 0.300. The van der Waals surface area contributed by atoms with E-state index >= 15 is 0 Å². The fraction of sp³-hybridized carbons (Fsp3) is 0.667. The molecule has 0 saturated heterocycles. The van der Waals surface area contributed by atoms with Crippen molar-refractivity contribution in [2.75, 3.05) is 6.54 Å². The molecule has 19 heavy (non-hydrogen) atoms. The summed E-state index contributed by atoms with van der Waals surface area (Å²) < 4.78 is 27.4. The molecule has 1 aromatic rings. The molecule has 1 fully saturated rings. The van der Waals surface area contributed by atoms with Crippen LogP contribution in [0.3, 0.4) is 0 Å². The maximum Gasteiger partial charge on any atom is 0.250 e. The van der Waals surface area contributed by atoms with Gasteiger partial charge in [-0.05, 0) is 37.9 Å². The van der Waals surface area contributed by atoms with Crippen molar-refractivity contribution < 1.29 is 13.5 Å². The number of hydrogen-bond acceptors (Lipinski definition) is 5. The van der Waals surface area contributed by atoms with E-state index in [1.165, 1.54) is 11.3 Å². The first kappa shape index (κ1) is 14.9. The van der Waals surface area contributed by atoms with Gasteiger partial charge in [0.2, 0.25) is 10.0 Å². The number of thiophene rings is 1. The quantitative estimate of drug-likeness (QED) is 0.751. The van der Waals surface area contributed by atoms with Gasteiger partial charge in [0.1, 0.15) is 4.21 Å². The number of aliphatic hydroxyl groups is 1. The predicted molar refractivity (Wildman–Crippen MR) is 75.7 cm³/mol. The van der Waals surface area contributed by atoms with Gasteiger partial charge in [0, 0.05) is 10.9 Å². The van der Waals surface area contributed by atoms with Gasteiger partial charge < -0.3 is 10.8 Å². The summed E-state index contributed by atoms with van der Waals surface area (Å²) >= 11 is 1.24. The van der Waals surface area contributed by atoms with Crippen molar-refractivity contribution in [1.29, 1.82) is 0 Å². The third kappa shape index (κ3) is 3.76. The average molecular weight is 304 g/mol. The maximum atomic E-state index is 12.2. The molecule has 2 atom stereocenters. The molecular weight excluding hydrogens is 284 g/mol. The van der Waals surface area contributed by atoms with Gasteiger partial charge >= 0.3 is 0 Å². The van der Waals surface area contributed by atoms with E-state index < -0.39 is 16.1 Å². The molecule has 7 heteroatoms. The molecule has 2 rings (SSSR count). The molecule has 0 aromatic carbocycles. The molecule has 0 radical (unpaired) electrons. The van der Waals surface area contributed by atoms with E-state index in [1.807, 2.05) is 0 Å². The Morgan fingerprint density at radius 3 is 2.79 bits per heavy atom. The third-order valence-corrected chi connectivity index (χ3v) is 6.46. The summed E-state index contributed by atoms with van der Waals surface area (Å²) in [5.41, 5.74) is 5.46. The monoisotopic (exact) mass is 304 g/mol. The molecule has 0 amide bonds. The van der Waals surface area contributed by atoms with Crippen LogP contribution in [0.4, 0.5) is 0 Å². The van der Waals surface area contributed by atoms with Crippen molar-refractivity contribution in [2.45, 2.75) is 48.5 Å². The zero-order valence-corrected chi connectivity index (χ0v) is 12.3. The van der Waals surface area contributed by atoms with Crippen LogP contribution < -0.4 is 10.5 Å². The smallest absolute Gasteiger partial charge is 0.250 e. The molecule has 1 aliphatic rings. The number of nitrogens with one attached hydrogen (secondary N) is 1. The molecule has 1 saturated carbocycles. The fourth-order valence-corrected chi connectivity index (χ4v) is 4.98. The Labute approximate surface area is 117 Å². The standard InChI is InChI=1S/C12H20N2O3S2/c13-8-7-9-5-6-12(18-9)19(16,17)14-10-3-1-2-4-11(10)15/h5-6,10-11,14-15H,1-4,7-8,13H2. The summed E-state index contributed by atoms with van der Waals surface area (Å²) in [6.07, 6.45) is 3.38. The van der Waals surface area contributed by atoms with Crippen LogP contribution >= 0.6 is 11.3 Å². The van der Waals surface area contributed by atoms with Gasteiger partial charge in [-0.25, -0.2) is 13.1 Å². The van der Waals surface area contributed by atoms with Gasteiger partial charge in [0.25, 0.3) is 0 Å². The lowest BCUT2D eigenvalue weighted by molar-refractivity contribution is 0.101. The Morgan fingerprint density at radius 2 is 2.11 bits per heavy atom. The minimum atomic E-state index is -3.52. The Hall–Kier alpha value is -0.470. The van der Waals surface area contributed by atoms with E-state index in [9.17, 15) is 13.5 Å². The van der Waals surface area contributed by atoms with Gasteiger partial charge in [-0.15, -0.1) is 11.3 Å². The highest BCUT2D eigenvalue weighted by Gasteiger charge is 2.28. The molecule has 5 nitrogen and oxygen atoms in total. The number of hydrogen-bond donors (Lipinski definition) is 3. The van der Waals surface area contributed by atoms with E-state index in [1.54, 1.807) is 12.1 Å². The summed E-state index contributed by atoms with van der Waals surface area (Å²) in [5.74, 6) is 0. The lowest BCUT2D eigenvalue weighted by Crippen LogP contribution is -2.44. The summed E-state index contributed by atoms with van der Waals surface area (Å²) in [7, 11) is -3.52. The van der Waals surface area contributed by atoms with Crippen LogP contribution in [0.15, 0.2) is 16.3 Å². The second-order valence-electron chi connectivity index (χ2n) is 4.84. The van der Waals surface area contributed by atoms with Crippen molar-refractivity contribution in [2.24, 2.45) is 5.73 Å². The Kier molecular flexibility index (Phi) is 4.97. The first-order valence-electron chi connectivity index (χ1n) is 6.52. The van der Waals surface area contributed by atoms with Crippen LogP contribution in [0.1, 0.15) is 30.6 Å². The lowest BCUT2D eigenvalue weighted by atomic mass is 9.93. The van der Waals surface area contributed by atoms with Crippen molar-refractivity contribution in [3.8, 4) is 0 Å². The molecule has 0 aliphatic heterocycles. The molecule has 0 bridgehead atoms. The van der Waals surface area contributed by atoms with E-state index in [4.69, 9.17) is 5.73 Å². The zero-order chi connectivity index (χ0) is 13.9. The molecule has 1 heterocycles. The summed E-state index contributed by atoms with van der Waals surface area (Å²) in [6.45, 7) is 0.509. The van der Waals surface area contributed by atoms with Gasteiger partial charge in [0.15, 0.2) is 0 Å². The summed E-state index contributed by atoms with van der Waals surface area (Å²) in [4.78, 5) is 0.965. The fourth-order valence-electron chi connectivity index (χ4n) is 2.29. The van der Waals surface area contributed by atoms with Gasteiger partial charge in [-0.1, -0.05) is 12.8 Å².